The Hall–Kier alpha value is -3.68. The number of nitrogen functional groups attached to an aromatic ring is 1. The first-order valence-corrected chi connectivity index (χ1v) is 9.04. The molecule has 1 aromatic carbocycles. The molecule has 1 amide bonds. The van der Waals surface area contributed by atoms with Crippen molar-refractivity contribution >= 4 is 40.1 Å². The van der Waals surface area contributed by atoms with Crippen molar-refractivity contribution in [3.8, 4) is 0 Å². The minimum absolute atomic E-state index is 0.00494. The summed E-state index contributed by atoms with van der Waals surface area (Å²) in [6.45, 7) is 3.93. The highest BCUT2D eigenvalue weighted by molar-refractivity contribution is 6.10. The number of anilines is 1. The molecular weight excluding hydrogens is 356 g/mol. The minimum atomic E-state index is -0.298. The van der Waals surface area contributed by atoms with Crippen LogP contribution in [0.3, 0.4) is 0 Å². The molecule has 0 spiro atoms. The number of fused-ring (bicyclic) bond motifs is 2. The topological polar surface area (TPSA) is 111 Å². The highest BCUT2D eigenvalue weighted by Gasteiger charge is 2.24. The smallest absolute Gasteiger partial charge is 0.257 e. The summed E-state index contributed by atoms with van der Waals surface area (Å²) >= 11 is 0. The normalized spacial score (nSPS) is 12.8. The van der Waals surface area contributed by atoms with Crippen molar-refractivity contribution in [1.82, 2.24) is 20.0 Å². The molecule has 0 aliphatic carbocycles. The number of rotatable bonds is 5. The number of carbonyl (C=O) groups is 1. The van der Waals surface area contributed by atoms with E-state index < -0.39 is 0 Å². The van der Waals surface area contributed by atoms with Gasteiger partial charge in [0.05, 0.1) is 23.5 Å². The van der Waals surface area contributed by atoms with Gasteiger partial charge in [-0.15, -0.1) is 0 Å². The molecule has 4 aromatic rings. The lowest BCUT2D eigenvalue weighted by atomic mass is 10.2. The summed E-state index contributed by atoms with van der Waals surface area (Å²) in [7, 11) is 0. The summed E-state index contributed by atoms with van der Waals surface area (Å²) in [5, 5.41) is 7.32. The number of aromatic nitrogens is 3. The summed E-state index contributed by atoms with van der Waals surface area (Å²) in [5.41, 5.74) is 8.77. The fourth-order valence-electron chi connectivity index (χ4n) is 2.87. The molecule has 1 atom stereocenters. The lowest BCUT2D eigenvalue weighted by Crippen LogP contribution is -2.32. The molecule has 3 N–H and O–H groups in total. The molecule has 0 fully saturated rings. The number of para-hydroxylation sites is 2. The van der Waals surface area contributed by atoms with Crippen LogP contribution < -0.4 is 11.1 Å². The third-order valence-electron chi connectivity index (χ3n) is 4.53. The largest absolute Gasteiger partial charge is 0.463 e. The van der Waals surface area contributed by atoms with Gasteiger partial charge >= 0.3 is 0 Å². The summed E-state index contributed by atoms with van der Waals surface area (Å²) < 4.78 is 6.70. The van der Waals surface area contributed by atoms with Gasteiger partial charge in [0.15, 0.2) is 5.65 Å². The van der Waals surface area contributed by atoms with E-state index in [0.717, 1.165) is 6.42 Å². The van der Waals surface area contributed by atoms with Crippen LogP contribution in [0.4, 0.5) is 5.82 Å². The number of furan rings is 1. The van der Waals surface area contributed by atoms with Crippen LogP contribution in [-0.4, -0.2) is 32.8 Å². The lowest BCUT2D eigenvalue weighted by molar-refractivity contribution is 0.0941. The summed E-state index contributed by atoms with van der Waals surface area (Å²) in [5.74, 6) is 0.433. The number of nitrogens with one attached hydrogen (secondary N) is 1. The van der Waals surface area contributed by atoms with E-state index >= 15 is 0 Å². The highest BCUT2D eigenvalue weighted by atomic mass is 16.3. The zero-order chi connectivity index (χ0) is 19.7. The number of nitrogens with two attached hydrogens (primary N) is 1. The molecule has 8 nitrogen and oxygen atoms in total. The van der Waals surface area contributed by atoms with Gasteiger partial charge in [-0.25, -0.2) is 9.97 Å². The van der Waals surface area contributed by atoms with E-state index in [4.69, 9.17) is 10.2 Å². The third kappa shape index (κ3) is 3.09. The van der Waals surface area contributed by atoms with E-state index in [1.165, 1.54) is 10.9 Å². The third-order valence-corrected chi connectivity index (χ3v) is 4.53. The molecule has 0 aliphatic heterocycles. The predicted molar refractivity (Wildman–Crippen MR) is 108 cm³/mol. The van der Waals surface area contributed by atoms with Gasteiger partial charge in [-0.3, -0.25) is 4.79 Å². The van der Waals surface area contributed by atoms with Gasteiger partial charge < -0.3 is 15.5 Å². The van der Waals surface area contributed by atoms with Crippen LogP contribution in [0.1, 0.15) is 36.4 Å². The molecule has 28 heavy (non-hydrogen) atoms. The number of carbonyl (C=O) groups excluding carboxylic acids is 1. The second kappa shape index (κ2) is 7.15. The Labute approximate surface area is 161 Å². The Bertz CT molecular complexity index is 1180. The van der Waals surface area contributed by atoms with Crippen LogP contribution in [0.5, 0.6) is 0 Å². The maximum Gasteiger partial charge on any atom is 0.257 e. The van der Waals surface area contributed by atoms with Gasteiger partial charge in [0, 0.05) is 6.04 Å². The van der Waals surface area contributed by atoms with Gasteiger partial charge in [0.2, 0.25) is 0 Å². The molecule has 0 radical (unpaired) electrons. The Balaban J connectivity index is 1.93. The number of hydrogen-bond donors (Lipinski definition) is 2. The van der Waals surface area contributed by atoms with Crippen molar-refractivity contribution in [2.24, 2.45) is 5.10 Å². The lowest BCUT2D eigenvalue weighted by Gasteiger charge is -2.11. The number of amides is 1. The Morgan fingerprint density at radius 3 is 2.71 bits per heavy atom. The first kappa shape index (κ1) is 17.7. The van der Waals surface area contributed by atoms with Crippen LogP contribution in [0.15, 0.2) is 52.2 Å². The van der Waals surface area contributed by atoms with Gasteiger partial charge in [-0.1, -0.05) is 19.1 Å². The van der Waals surface area contributed by atoms with Crippen molar-refractivity contribution in [1.29, 1.82) is 0 Å². The van der Waals surface area contributed by atoms with E-state index in [1.54, 1.807) is 18.4 Å². The summed E-state index contributed by atoms with van der Waals surface area (Å²) in [6.07, 6.45) is 3.87. The molecular formula is C20H20N6O2. The van der Waals surface area contributed by atoms with E-state index in [1.807, 2.05) is 38.1 Å². The molecule has 3 aromatic heterocycles. The van der Waals surface area contributed by atoms with Crippen molar-refractivity contribution < 1.29 is 9.21 Å². The Morgan fingerprint density at radius 2 is 2.04 bits per heavy atom. The van der Waals surface area contributed by atoms with Crippen molar-refractivity contribution in [2.45, 2.75) is 26.3 Å². The number of benzene rings is 1. The molecule has 4 rings (SSSR count). The summed E-state index contributed by atoms with van der Waals surface area (Å²) in [6, 6.07) is 11.0. The molecule has 0 saturated heterocycles. The second-order valence-corrected chi connectivity index (χ2v) is 6.50. The average Bonchev–Trinajstić information content (AvgIpc) is 3.30. The monoisotopic (exact) mass is 376 g/mol. The van der Waals surface area contributed by atoms with Gasteiger partial charge in [-0.2, -0.15) is 9.78 Å². The van der Waals surface area contributed by atoms with Crippen LogP contribution in [0.25, 0.3) is 22.2 Å². The van der Waals surface area contributed by atoms with E-state index in [-0.39, 0.29) is 23.3 Å². The first-order chi connectivity index (χ1) is 13.6. The van der Waals surface area contributed by atoms with Crippen LogP contribution >= 0.6 is 0 Å². The molecule has 0 aliphatic rings. The fraction of sp³-hybridized carbons (Fsp3) is 0.200. The minimum Gasteiger partial charge on any atom is -0.463 e. The number of nitrogens with zero attached hydrogens (tertiary/aromatic N) is 4. The van der Waals surface area contributed by atoms with Crippen molar-refractivity contribution in [3.05, 3.63) is 54.0 Å². The van der Waals surface area contributed by atoms with Crippen molar-refractivity contribution in [2.75, 3.05) is 5.73 Å². The van der Waals surface area contributed by atoms with Crippen LogP contribution in [0, 0.1) is 0 Å². The second-order valence-electron chi connectivity index (χ2n) is 6.50. The molecule has 3 heterocycles. The quantitative estimate of drug-likeness (QED) is 0.520. The average molecular weight is 376 g/mol. The SMILES string of the molecule is CC[C@H](C)NC(=O)c1c(N)n(/N=C\c2ccco2)c2nc3ccccc3nc12. The molecule has 8 heteroatoms. The van der Waals surface area contributed by atoms with Gasteiger partial charge in [0.1, 0.15) is 22.7 Å². The Kier molecular flexibility index (Phi) is 4.52. The maximum absolute atomic E-state index is 12.9. The highest BCUT2D eigenvalue weighted by Crippen LogP contribution is 2.28. The molecule has 0 unspecified atom stereocenters. The number of hydrogen-bond acceptors (Lipinski definition) is 6. The first-order valence-electron chi connectivity index (χ1n) is 9.04. The zero-order valence-electron chi connectivity index (χ0n) is 15.6. The van der Waals surface area contributed by atoms with E-state index in [0.29, 0.717) is 28.0 Å². The summed E-state index contributed by atoms with van der Waals surface area (Å²) in [4.78, 5) is 22.2. The molecule has 0 saturated carbocycles. The van der Waals surface area contributed by atoms with Crippen molar-refractivity contribution in [3.63, 3.8) is 0 Å². The van der Waals surface area contributed by atoms with Crippen LogP contribution in [-0.2, 0) is 0 Å². The van der Waals surface area contributed by atoms with Gasteiger partial charge in [0.25, 0.3) is 5.91 Å². The maximum atomic E-state index is 12.9. The standard InChI is InChI=1S/C20H20N6O2/c1-3-12(2)23-20(27)16-17-19(25-15-9-5-4-8-14(15)24-17)26(18(16)21)22-11-13-7-6-10-28-13/h4-12H,3,21H2,1-2H3,(H,23,27)/b22-11-/t12-/m0/s1. The Morgan fingerprint density at radius 1 is 1.29 bits per heavy atom. The van der Waals surface area contributed by atoms with Crippen LogP contribution in [0.2, 0.25) is 0 Å². The van der Waals surface area contributed by atoms with E-state index in [2.05, 4.69) is 20.4 Å². The predicted octanol–water partition coefficient (Wildman–Crippen LogP) is 3.17. The van der Waals surface area contributed by atoms with Gasteiger partial charge in [-0.05, 0) is 37.6 Å². The molecule has 0 bridgehead atoms. The van der Waals surface area contributed by atoms with E-state index in [9.17, 15) is 4.79 Å². The molecule has 142 valence electrons. The fourth-order valence-corrected chi connectivity index (χ4v) is 2.87. The zero-order valence-corrected chi connectivity index (χ0v) is 15.6.